The molecule has 2 heterocycles. The molecule has 21 heavy (non-hydrogen) atoms. The number of fused-ring (bicyclic) bond motifs is 1. The number of halogens is 1. The van der Waals surface area contributed by atoms with Gasteiger partial charge in [0.25, 0.3) is 0 Å². The third-order valence-corrected chi connectivity index (χ3v) is 3.25. The Morgan fingerprint density at radius 1 is 1.43 bits per heavy atom. The number of hydrogen-bond acceptors (Lipinski definition) is 5. The number of carbonyl (C=O) groups excluding carboxylic acids is 1. The Morgan fingerprint density at radius 3 is 3.00 bits per heavy atom. The Hall–Kier alpha value is -2.21. The molecule has 110 valence electrons. The van der Waals surface area contributed by atoms with Crippen LogP contribution in [0.15, 0.2) is 24.5 Å². The van der Waals surface area contributed by atoms with E-state index >= 15 is 0 Å². The highest BCUT2D eigenvalue weighted by Crippen LogP contribution is 2.38. The summed E-state index contributed by atoms with van der Waals surface area (Å²) in [5, 5.41) is 4.37. The molecule has 0 saturated carbocycles. The van der Waals surface area contributed by atoms with Crippen LogP contribution in [0.5, 0.6) is 11.5 Å². The van der Waals surface area contributed by atoms with Gasteiger partial charge in [-0.3, -0.25) is 4.68 Å². The number of carbonyl (C=O) groups is 1. The van der Waals surface area contributed by atoms with Crippen LogP contribution >= 0.6 is 11.6 Å². The molecule has 6 nitrogen and oxygen atoms in total. The van der Waals surface area contributed by atoms with Crippen molar-refractivity contribution in [2.45, 2.75) is 6.61 Å². The number of ether oxygens (including phenoxy) is 3. The Bertz CT molecular complexity index is 684. The Balaban J connectivity index is 1.71. The molecule has 0 unspecified atom stereocenters. The highest BCUT2D eigenvalue weighted by atomic mass is 35.5. The molecule has 0 saturated heterocycles. The molecule has 7 heteroatoms. The third-order valence-electron chi connectivity index (χ3n) is 2.97. The summed E-state index contributed by atoms with van der Waals surface area (Å²) in [6, 6.07) is 3.46. The molecule has 0 bridgehead atoms. The van der Waals surface area contributed by atoms with Crippen LogP contribution in [0, 0.1) is 0 Å². The first kappa shape index (κ1) is 13.8. The highest BCUT2D eigenvalue weighted by Gasteiger charge is 2.17. The van der Waals surface area contributed by atoms with Crippen LogP contribution in [0.25, 0.3) is 0 Å². The molecule has 2 aromatic rings. The summed E-state index contributed by atoms with van der Waals surface area (Å²) in [4.78, 5) is 11.8. The van der Waals surface area contributed by atoms with Crippen molar-refractivity contribution in [2.24, 2.45) is 7.05 Å². The fraction of sp³-hybridized carbons (Fsp3) is 0.286. The molecule has 1 aromatic heterocycles. The van der Waals surface area contributed by atoms with Crippen LogP contribution in [0.3, 0.4) is 0 Å². The lowest BCUT2D eigenvalue weighted by Gasteiger charge is -2.20. The van der Waals surface area contributed by atoms with Crippen LogP contribution in [-0.2, 0) is 18.4 Å². The van der Waals surface area contributed by atoms with E-state index in [4.69, 9.17) is 25.8 Å². The summed E-state index contributed by atoms with van der Waals surface area (Å²) in [6.07, 6.45) is 3.05. The minimum absolute atomic E-state index is 0.101. The second kappa shape index (κ2) is 5.65. The molecule has 0 fully saturated rings. The van der Waals surface area contributed by atoms with E-state index in [0.717, 1.165) is 5.56 Å². The van der Waals surface area contributed by atoms with Gasteiger partial charge in [-0.25, -0.2) is 4.79 Å². The number of benzene rings is 1. The van der Waals surface area contributed by atoms with Crippen molar-refractivity contribution in [3.05, 3.63) is 40.7 Å². The second-order valence-electron chi connectivity index (χ2n) is 4.58. The minimum atomic E-state index is -0.436. The number of esters is 1. The average molecular weight is 309 g/mol. The second-order valence-corrected chi connectivity index (χ2v) is 4.99. The third kappa shape index (κ3) is 2.95. The molecule has 0 radical (unpaired) electrons. The molecule has 1 aromatic carbocycles. The Labute approximate surface area is 126 Å². The summed E-state index contributed by atoms with van der Waals surface area (Å²) in [6.45, 7) is 1.05. The summed E-state index contributed by atoms with van der Waals surface area (Å²) >= 11 is 6.12. The van der Waals surface area contributed by atoms with Crippen LogP contribution < -0.4 is 9.47 Å². The van der Waals surface area contributed by atoms with E-state index in [9.17, 15) is 4.79 Å². The number of hydrogen-bond donors (Lipinski definition) is 0. The predicted octanol–water partition coefficient (Wildman–Crippen LogP) is 2.20. The highest BCUT2D eigenvalue weighted by molar-refractivity contribution is 6.32. The lowest BCUT2D eigenvalue weighted by molar-refractivity contribution is 0.0472. The summed E-state index contributed by atoms with van der Waals surface area (Å²) < 4.78 is 17.7. The van der Waals surface area contributed by atoms with Crippen molar-refractivity contribution in [2.75, 3.05) is 13.2 Å². The maximum Gasteiger partial charge on any atom is 0.341 e. The minimum Gasteiger partial charge on any atom is -0.486 e. The monoisotopic (exact) mass is 308 g/mol. The topological polar surface area (TPSA) is 62.6 Å². The molecule has 0 N–H and O–H groups in total. The van der Waals surface area contributed by atoms with E-state index in [-0.39, 0.29) is 6.61 Å². The van der Waals surface area contributed by atoms with E-state index in [1.54, 1.807) is 25.4 Å². The molecule has 0 atom stereocenters. The Kier molecular flexibility index (Phi) is 3.70. The van der Waals surface area contributed by atoms with Crippen molar-refractivity contribution in [3.8, 4) is 11.5 Å². The maximum atomic E-state index is 11.8. The van der Waals surface area contributed by atoms with Gasteiger partial charge in [0, 0.05) is 13.2 Å². The molecule has 0 amide bonds. The predicted molar refractivity (Wildman–Crippen MR) is 74.8 cm³/mol. The fourth-order valence-corrected chi connectivity index (χ4v) is 2.29. The van der Waals surface area contributed by atoms with Gasteiger partial charge in [-0.15, -0.1) is 0 Å². The zero-order valence-corrected chi connectivity index (χ0v) is 12.1. The molecule has 0 aliphatic carbocycles. The zero-order chi connectivity index (χ0) is 14.8. The lowest BCUT2D eigenvalue weighted by atomic mass is 10.2. The standard InChI is InChI=1S/C14H13ClN2O4/c1-17-7-10(6-16-17)14(18)21-8-9-4-11(15)13-12(5-9)19-2-3-20-13/h4-7H,2-3,8H2,1H3. The molecule has 1 aliphatic rings. The van der Waals surface area contributed by atoms with Gasteiger partial charge in [-0.1, -0.05) is 11.6 Å². The smallest absolute Gasteiger partial charge is 0.341 e. The van der Waals surface area contributed by atoms with Gasteiger partial charge in [-0.05, 0) is 17.7 Å². The van der Waals surface area contributed by atoms with Crippen LogP contribution in [0.1, 0.15) is 15.9 Å². The van der Waals surface area contributed by atoms with Gasteiger partial charge in [0.05, 0.1) is 16.8 Å². The van der Waals surface area contributed by atoms with Crippen LogP contribution in [0.4, 0.5) is 0 Å². The van der Waals surface area contributed by atoms with E-state index in [0.29, 0.717) is 35.3 Å². The lowest BCUT2D eigenvalue weighted by Crippen LogP contribution is -2.16. The first-order valence-electron chi connectivity index (χ1n) is 6.37. The van der Waals surface area contributed by atoms with Gasteiger partial charge < -0.3 is 14.2 Å². The molecule has 0 spiro atoms. The number of nitrogens with zero attached hydrogens (tertiary/aromatic N) is 2. The normalized spacial score (nSPS) is 13.0. The SMILES string of the molecule is Cn1cc(C(=O)OCc2cc(Cl)c3c(c2)OCCO3)cn1. The van der Waals surface area contributed by atoms with Crippen molar-refractivity contribution >= 4 is 17.6 Å². The van der Waals surface area contributed by atoms with Gasteiger partial charge in [-0.2, -0.15) is 5.10 Å². The quantitative estimate of drug-likeness (QED) is 0.813. The number of rotatable bonds is 3. The van der Waals surface area contributed by atoms with Crippen LogP contribution in [0.2, 0.25) is 5.02 Å². The zero-order valence-electron chi connectivity index (χ0n) is 11.3. The number of aryl methyl sites for hydroxylation is 1. The van der Waals surface area contributed by atoms with E-state index in [1.807, 2.05) is 0 Å². The van der Waals surface area contributed by atoms with Crippen molar-refractivity contribution in [1.29, 1.82) is 0 Å². The largest absolute Gasteiger partial charge is 0.486 e. The van der Waals surface area contributed by atoms with Crippen molar-refractivity contribution < 1.29 is 19.0 Å². The van der Waals surface area contributed by atoms with E-state index in [2.05, 4.69) is 5.10 Å². The summed E-state index contributed by atoms with van der Waals surface area (Å²) in [5.74, 6) is 0.667. The molecular formula is C14H13ClN2O4. The van der Waals surface area contributed by atoms with Crippen LogP contribution in [-0.4, -0.2) is 29.0 Å². The van der Waals surface area contributed by atoms with Gasteiger partial charge in [0.15, 0.2) is 11.5 Å². The van der Waals surface area contributed by atoms with E-state index < -0.39 is 5.97 Å². The summed E-state index contributed by atoms with van der Waals surface area (Å²) in [5.41, 5.74) is 1.14. The van der Waals surface area contributed by atoms with E-state index in [1.165, 1.54) is 10.9 Å². The Morgan fingerprint density at radius 2 is 2.24 bits per heavy atom. The fourth-order valence-electron chi connectivity index (χ4n) is 2.01. The van der Waals surface area contributed by atoms with Crippen molar-refractivity contribution in [3.63, 3.8) is 0 Å². The van der Waals surface area contributed by atoms with Gasteiger partial charge in [0.2, 0.25) is 0 Å². The molecule has 1 aliphatic heterocycles. The van der Waals surface area contributed by atoms with Crippen molar-refractivity contribution in [1.82, 2.24) is 9.78 Å². The first-order chi connectivity index (χ1) is 10.1. The maximum absolute atomic E-state index is 11.8. The average Bonchev–Trinajstić information content (AvgIpc) is 2.91. The summed E-state index contributed by atoms with van der Waals surface area (Å²) in [7, 11) is 1.73. The van der Waals surface area contributed by atoms with Gasteiger partial charge in [0.1, 0.15) is 19.8 Å². The first-order valence-corrected chi connectivity index (χ1v) is 6.75. The molecular weight excluding hydrogens is 296 g/mol. The number of aromatic nitrogens is 2. The molecule has 3 rings (SSSR count). The van der Waals surface area contributed by atoms with Gasteiger partial charge >= 0.3 is 5.97 Å².